The number of nitrogens with zero attached hydrogens (tertiary/aromatic N) is 2. The van der Waals surface area contributed by atoms with E-state index in [1.807, 2.05) is 39.0 Å². The molecule has 11 nitrogen and oxygen atoms in total. The first-order valence-corrected chi connectivity index (χ1v) is 16.0. The summed E-state index contributed by atoms with van der Waals surface area (Å²) in [7, 11) is 1.58. The van der Waals surface area contributed by atoms with Gasteiger partial charge in [-0.15, -0.1) is 0 Å². The van der Waals surface area contributed by atoms with Gasteiger partial charge in [0.2, 0.25) is 5.91 Å². The standard InChI is InChI=1S/C35H46N4O7.CH4/c1-22(2)28-20-31(41)23(3)32(45-4)13-6-5-10-26-17-25(14-15-36-26)21-46-35(44)29-12-8-16-39(38-29)34(43)30(37-33(28)42)19-24-9-7-11-27(40)18-24;/h5,7,9-11,14-15,17-18,22-23,28-30,32,38,40H,6,8,12-13,16,19-21H2,1-4H3,(H,37,42);1H4/b10-5+;/t23-,28-,29-,30-,32+;/m0./s1. The zero-order valence-electron chi connectivity index (χ0n) is 27.1. The van der Waals surface area contributed by atoms with Gasteiger partial charge in [-0.05, 0) is 73.1 Å². The molecule has 11 heteroatoms. The molecule has 2 amide bonds. The van der Waals surface area contributed by atoms with E-state index in [9.17, 15) is 24.3 Å². The molecule has 1 aromatic carbocycles. The Morgan fingerprint density at radius 2 is 1.91 bits per heavy atom. The van der Waals surface area contributed by atoms with Gasteiger partial charge >= 0.3 is 5.97 Å². The molecule has 256 valence electrons. The number of carbonyl (C=O) groups is 4. The number of ketones is 1. The number of hydrogen-bond acceptors (Lipinski definition) is 9. The molecule has 1 aromatic heterocycles. The molecule has 3 heterocycles. The minimum absolute atomic E-state index is 0. The average Bonchev–Trinajstić information content (AvgIpc) is 3.04. The number of hydrogen-bond donors (Lipinski definition) is 3. The average molecular weight is 651 g/mol. The number of hydrazine groups is 1. The zero-order valence-corrected chi connectivity index (χ0v) is 27.1. The summed E-state index contributed by atoms with van der Waals surface area (Å²) in [6.45, 7) is 5.96. The highest BCUT2D eigenvalue weighted by Crippen LogP contribution is 2.24. The number of esters is 1. The number of aromatic hydroxyl groups is 1. The minimum atomic E-state index is -1.02. The van der Waals surface area contributed by atoms with Gasteiger partial charge in [-0.1, -0.05) is 46.4 Å². The summed E-state index contributed by atoms with van der Waals surface area (Å²) in [5.41, 5.74) is 5.15. The first-order chi connectivity index (χ1) is 22.0. The van der Waals surface area contributed by atoms with E-state index in [-0.39, 0.29) is 50.4 Å². The predicted molar refractivity (Wildman–Crippen MR) is 179 cm³/mol. The number of benzene rings is 1. The molecule has 0 aliphatic carbocycles. The summed E-state index contributed by atoms with van der Waals surface area (Å²) >= 11 is 0. The number of methoxy groups -OCH3 is 1. The van der Waals surface area contributed by atoms with Crippen molar-refractivity contribution in [2.75, 3.05) is 13.7 Å². The first kappa shape index (κ1) is 37.4. The van der Waals surface area contributed by atoms with Crippen LogP contribution in [0.4, 0.5) is 0 Å². The third-order valence-electron chi connectivity index (χ3n) is 8.77. The molecule has 4 bridgehead atoms. The van der Waals surface area contributed by atoms with Crippen molar-refractivity contribution in [2.45, 2.75) is 91.5 Å². The number of fused-ring (bicyclic) bond motifs is 4. The molecule has 0 unspecified atom stereocenters. The monoisotopic (exact) mass is 650 g/mol. The van der Waals surface area contributed by atoms with Crippen LogP contribution in [0.5, 0.6) is 5.75 Å². The molecule has 2 aliphatic rings. The number of carbonyl (C=O) groups excluding carboxylic acids is 4. The van der Waals surface area contributed by atoms with E-state index in [1.165, 1.54) is 11.1 Å². The second-order valence-corrected chi connectivity index (χ2v) is 12.5. The summed E-state index contributed by atoms with van der Waals surface area (Å²) in [5, 5.41) is 14.3. The van der Waals surface area contributed by atoms with Gasteiger partial charge < -0.3 is 19.9 Å². The van der Waals surface area contributed by atoms with Crippen LogP contribution in [-0.4, -0.2) is 70.5 Å². The van der Waals surface area contributed by atoms with Gasteiger partial charge in [0.05, 0.1) is 11.8 Å². The summed E-state index contributed by atoms with van der Waals surface area (Å²) < 4.78 is 11.3. The lowest BCUT2D eigenvalue weighted by Gasteiger charge is -2.35. The molecule has 4 rings (SSSR count). The maximum Gasteiger partial charge on any atom is 0.325 e. The third kappa shape index (κ3) is 10.5. The van der Waals surface area contributed by atoms with Gasteiger partial charge in [-0.2, -0.15) is 0 Å². The third-order valence-corrected chi connectivity index (χ3v) is 8.77. The number of ether oxygens (including phenoxy) is 2. The fourth-order valence-corrected chi connectivity index (χ4v) is 5.91. The molecule has 0 saturated carbocycles. The SMILES string of the molecule is C.CO[C@@H]1CC/C=C/c2cc(ccn2)COC(=O)[C@@H]2CCCN(N2)C(=O)[C@H](Cc2cccc(O)c2)NC(=O)[C@H](C(C)C)CC(=O)[C@@H]1C. The van der Waals surface area contributed by atoms with Crippen LogP contribution in [0, 0.1) is 17.8 Å². The number of amides is 2. The summed E-state index contributed by atoms with van der Waals surface area (Å²) in [6, 6.07) is 8.37. The Hall–Kier alpha value is -4.09. The normalized spacial score (nSPS) is 25.9. The van der Waals surface area contributed by atoms with Crippen molar-refractivity contribution in [1.82, 2.24) is 20.7 Å². The van der Waals surface area contributed by atoms with E-state index >= 15 is 0 Å². The Balaban J connectivity index is 0.00000600. The van der Waals surface area contributed by atoms with Gasteiger partial charge in [-0.3, -0.25) is 29.2 Å². The van der Waals surface area contributed by atoms with Crippen molar-refractivity contribution in [1.29, 1.82) is 0 Å². The van der Waals surface area contributed by atoms with Crippen LogP contribution in [-0.2, 0) is 41.7 Å². The molecule has 2 aliphatic heterocycles. The molecular weight excluding hydrogens is 600 g/mol. The largest absolute Gasteiger partial charge is 0.508 e. The van der Waals surface area contributed by atoms with Crippen LogP contribution < -0.4 is 10.7 Å². The van der Waals surface area contributed by atoms with Gasteiger partial charge in [0.15, 0.2) is 0 Å². The summed E-state index contributed by atoms with van der Waals surface area (Å²) in [5.74, 6) is -2.68. The van der Waals surface area contributed by atoms with Gasteiger partial charge in [-0.25, -0.2) is 5.43 Å². The van der Waals surface area contributed by atoms with Crippen LogP contribution in [0.15, 0.2) is 48.7 Å². The molecular formula is C36H50N4O7. The number of phenolic OH excluding ortho intramolecular Hbond substituents is 1. The predicted octanol–water partition coefficient (Wildman–Crippen LogP) is 4.38. The Kier molecular flexibility index (Phi) is 14.1. The van der Waals surface area contributed by atoms with Gasteiger partial charge in [0, 0.05) is 44.5 Å². The number of rotatable bonds is 4. The second-order valence-electron chi connectivity index (χ2n) is 12.5. The smallest absolute Gasteiger partial charge is 0.325 e. The Morgan fingerprint density at radius 1 is 1.13 bits per heavy atom. The Morgan fingerprint density at radius 3 is 2.64 bits per heavy atom. The molecule has 1 saturated heterocycles. The molecule has 1 fully saturated rings. The molecule has 0 radical (unpaired) electrons. The number of aromatic nitrogens is 1. The summed E-state index contributed by atoms with van der Waals surface area (Å²) in [6.07, 6.45) is 7.55. The number of phenols is 1. The van der Waals surface area contributed by atoms with Crippen LogP contribution >= 0.6 is 0 Å². The highest BCUT2D eigenvalue weighted by molar-refractivity contribution is 5.92. The lowest BCUT2D eigenvalue weighted by molar-refractivity contribution is -0.154. The fraction of sp³-hybridized carbons (Fsp3) is 0.528. The number of nitrogens with one attached hydrogen (secondary N) is 2. The van der Waals surface area contributed by atoms with Crippen molar-refractivity contribution >= 4 is 29.6 Å². The van der Waals surface area contributed by atoms with E-state index < -0.39 is 41.7 Å². The lowest BCUT2D eigenvalue weighted by Crippen LogP contribution is -2.60. The van der Waals surface area contributed by atoms with Crippen LogP contribution in [0.3, 0.4) is 0 Å². The maximum atomic E-state index is 14.0. The van der Waals surface area contributed by atoms with Crippen molar-refractivity contribution < 1.29 is 33.8 Å². The molecule has 47 heavy (non-hydrogen) atoms. The number of pyridine rings is 1. The van der Waals surface area contributed by atoms with Crippen LogP contribution in [0.1, 0.15) is 77.1 Å². The van der Waals surface area contributed by atoms with Crippen LogP contribution in [0.2, 0.25) is 0 Å². The van der Waals surface area contributed by atoms with Gasteiger partial charge in [0.1, 0.15) is 30.2 Å². The van der Waals surface area contributed by atoms with Crippen molar-refractivity contribution in [3.63, 3.8) is 0 Å². The highest BCUT2D eigenvalue weighted by Gasteiger charge is 2.36. The molecule has 0 spiro atoms. The Bertz CT molecular complexity index is 1410. The number of cyclic esters (lactones) is 1. The number of Topliss-reactive ketones (excluding diaryl/α,β-unsaturated/α-hetero) is 1. The van der Waals surface area contributed by atoms with Crippen molar-refractivity contribution in [3.05, 3.63) is 65.5 Å². The van der Waals surface area contributed by atoms with E-state index in [0.717, 1.165) is 5.56 Å². The molecule has 5 atom stereocenters. The second kappa shape index (κ2) is 17.7. The van der Waals surface area contributed by atoms with Crippen LogP contribution in [0.25, 0.3) is 6.08 Å². The van der Waals surface area contributed by atoms with Gasteiger partial charge in [0.25, 0.3) is 5.91 Å². The molecule has 3 N–H and O–H groups in total. The maximum absolute atomic E-state index is 14.0. The highest BCUT2D eigenvalue weighted by atomic mass is 16.5. The topological polar surface area (TPSA) is 147 Å². The molecule has 2 aromatic rings. The first-order valence-electron chi connectivity index (χ1n) is 16.0. The Labute approximate surface area is 278 Å². The minimum Gasteiger partial charge on any atom is -0.508 e. The fourth-order valence-electron chi connectivity index (χ4n) is 5.91. The van der Waals surface area contributed by atoms with E-state index in [2.05, 4.69) is 15.7 Å². The lowest BCUT2D eigenvalue weighted by atomic mass is 9.84. The van der Waals surface area contributed by atoms with E-state index in [0.29, 0.717) is 43.5 Å². The van der Waals surface area contributed by atoms with E-state index in [1.54, 1.807) is 37.6 Å². The zero-order chi connectivity index (χ0) is 33.2. The van der Waals surface area contributed by atoms with E-state index in [4.69, 9.17) is 9.47 Å². The quantitative estimate of drug-likeness (QED) is 0.410. The van der Waals surface area contributed by atoms with Crippen molar-refractivity contribution in [3.8, 4) is 5.75 Å². The van der Waals surface area contributed by atoms with Crippen molar-refractivity contribution in [2.24, 2.45) is 17.8 Å². The number of allylic oxidation sites excluding steroid dienone is 1. The summed E-state index contributed by atoms with van der Waals surface area (Å²) in [4.78, 5) is 58.7.